The molecule has 0 spiro atoms. The lowest BCUT2D eigenvalue weighted by molar-refractivity contribution is 0.263. The van der Waals surface area contributed by atoms with Crippen LogP contribution in [0.25, 0.3) is 0 Å². The molecule has 1 N–H and O–H groups in total. The summed E-state index contributed by atoms with van der Waals surface area (Å²) in [6.07, 6.45) is 11.6. The fourth-order valence-corrected chi connectivity index (χ4v) is 2.71. The first-order chi connectivity index (χ1) is 8.42. The van der Waals surface area contributed by atoms with E-state index in [0.717, 1.165) is 24.7 Å². The predicted molar refractivity (Wildman–Crippen MR) is 69.6 cm³/mol. The van der Waals surface area contributed by atoms with E-state index >= 15 is 0 Å². The summed E-state index contributed by atoms with van der Waals surface area (Å²) in [5.74, 6) is 1.70. The van der Waals surface area contributed by atoms with Crippen molar-refractivity contribution >= 4 is 0 Å². The summed E-state index contributed by atoms with van der Waals surface area (Å²) in [6.45, 7) is 3.26. The van der Waals surface area contributed by atoms with Gasteiger partial charge in [-0.25, -0.2) is 9.97 Å². The summed E-state index contributed by atoms with van der Waals surface area (Å²) < 4.78 is 0. The van der Waals surface area contributed by atoms with Crippen LogP contribution in [0.15, 0.2) is 18.5 Å². The van der Waals surface area contributed by atoms with Crippen molar-refractivity contribution in [2.75, 3.05) is 6.54 Å². The average Bonchev–Trinajstić information content (AvgIpc) is 2.42. The molecule has 1 fully saturated rings. The van der Waals surface area contributed by atoms with E-state index in [0.29, 0.717) is 6.04 Å². The molecule has 1 aromatic rings. The Hall–Kier alpha value is -0.960. The molecule has 2 rings (SSSR count). The summed E-state index contributed by atoms with van der Waals surface area (Å²) in [6, 6.07) is 2.25. The van der Waals surface area contributed by atoms with E-state index < -0.39 is 0 Å². The first-order valence-corrected chi connectivity index (χ1v) is 6.92. The maximum absolute atomic E-state index is 4.43. The molecule has 1 aliphatic rings. The predicted octanol–water partition coefficient (Wildman–Crippen LogP) is 3.10. The van der Waals surface area contributed by atoms with Crippen LogP contribution in [0.3, 0.4) is 0 Å². The van der Waals surface area contributed by atoms with Gasteiger partial charge in [-0.1, -0.05) is 26.2 Å². The summed E-state index contributed by atoms with van der Waals surface area (Å²) in [7, 11) is 0. The van der Waals surface area contributed by atoms with Crippen molar-refractivity contribution in [3.63, 3.8) is 0 Å². The van der Waals surface area contributed by atoms with E-state index in [-0.39, 0.29) is 0 Å². The Morgan fingerprint density at radius 1 is 1.24 bits per heavy atom. The van der Waals surface area contributed by atoms with Crippen LogP contribution in [-0.2, 0) is 0 Å². The lowest BCUT2D eigenvalue weighted by Crippen LogP contribution is -2.31. The first kappa shape index (κ1) is 12.5. The standard InChI is InChI=1S/C14H23N3/c1-2-9-15-13(12-7-4-3-5-8-12)14-16-10-6-11-17-14/h6,10-13,15H,2-5,7-9H2,1H3. The lowest BCUT2D eigenvalue weighted by atomic mass is 9.83. The van der Waals surface area contributed by atoms with Crippen LogP contribution in [0.1, 0.15) is 57.3 Å². The van der Waals surface area contributed by atoms with Gasteiger partial charge in [0.25, 0.3) is 0 Å². The Balaban J connectivity index is 2.06. The Bertz CT molecular complexity index is 307. The largest absolute Gasteiger partial charge is 0.307 e. The van der Waals surface area contributed by atoms with Gasteiger partial charge in [0.1, 0.15) is 5.82 Å². The molecule has 17 heavy (non-hydrogen) atoms. The van der Waals surface area contributed by atoms with E-state index in [9.17, 15) is 0 Å². The van der Waals surface area contributed by atoms with Crippen LogP contribution in [0.4, 0.5) is 0 Å². The van der Waals surface area contributed by atoms with Gasteiger partial charge in [-0.3, -0.25) is 0 Å². The topological polar surface area (TPSA) is 37.8 Å². The molecule has 1 aliphatic carbocycles. The fraction of sp³-hybridized carbons (Fsp3) is 0.714. The zero-order chi connectivity index (χ0) is 11.9. The van der Waals surface area contributed by atoms with Gasteiger partial charge in [0.05, 0.1) is 6.04 Å². The molecule has 0 bridgehead atoms. The van der Waals surface area contributed by atoms with E-state index in [1.165, 1.54) is 32.1 Å². The number of rotatable bonds is 5. The number of hydrogen-bond acceptors (Lipinski definition) is 3. The molecule has 3 nitrogen and oxygen atoms in total. The SMILES string of the molecule is CCCNC(c1ncccn1)C1CCCCC1. The highest BCUT2D eigenvalue weighted by Gasteiger charge is 2.26. The molecule has 1 heterocycles. The van der Waals surface area contributed by atoms with Crippen molar-refractivity contribution in [1.82, 2.24) is 15.3 Å². The minimum atomic E-state index is 0.358. The van der Waals surface area contributed by atoms with Gasteiger partial charge < -0.3 is 5.32 Å². The van der Waals surface area contributed by atoms with Crippen molar-refractivity contribution in [2.45, 2.75) is 51.5 Å². The van der Waals surface area contributed by atoms with Crippen LogP contribution in [0.5, 0.6) is 0 Å². The number of aromatic nitrogens is 2. The minimum absolute atomic E-state index is 0.358. The molecule has 1 unspecified atom stereocenters. The first-order valence-electron chi connectivity index (χ1n) is 6.92. The number of hydrogen-bond donors (Lipinski definition) is 1. The third kappa shape index (κ3) is 3.50. The van der Waals surface area contributed by atoms with Crippen LogP contribution >= 0.6 is 0 Å². The van der Waals surface area contributed by atoms with Crippen LogP contribution in [0.2, 0.25) is 0 Å². The maximum atomic E-state index is 4.43. The van der Waals surface area contributed by atoms with E-state index in [4.69, 9.17) is 0 Å². The third-order valence-corrected chi connectivity index (χ3v) is 3.60. The molecule has 1 saturated carbocycles. The number of nitrogens with zero attached hydrogens (tertiary/aromatic N) is 2. The van der Waals surface area contributed by atoms with Gasteiger partial charge in [-0.2, -0.15) is 0 Å². The Morgan fingerprint density at radius 3 is 2.59 bits per heavy atom. The van der Waals surface area contributed by atoms with Gasteiger partial charge in [0, 0.05) is 12.4 Å². The average molecular weight is 233 g/mol. The highest BCUT2D eigenvalue weighted by Crippen LogP contribution is 2.32. The second kappa shape index (κ2) is 6.70. The van der Waals surface area contributed by atoms with Crippen molar-refractivity contribution in [2.24, 2.45) is 5.92 Å². The quantitative estimate of drug-likeness (QED) is 0.849. The van der Waals surface area contributed by atoms with Gasteiger partial charge in [-0.05, 0) is 37.8 Å². The van der Waals surface area contributed by atoms with E-state index in [2.05, 4.69) is 22.2 Å². The molecule has 1 aromatic heterocycles. The fourth-order valence-electron chi connectivity index (χ4n) is 2.71. The zero-order valence-electron chi connectivity index (χ0n) is 10.7. The highest BCUT2D eigenvalue weighted by molar-refractivity contribution is 4.99. The molecule has 0 radical (unpaired) electrons. The summed E-state index contributed by atoms with van der Waals surface area (Å²) in [5, 5.41) is 3.63. The molecule has 0 aliphatic heterocycles. The van der Waals surface area contributed by atoms with Crippen molar-refractivity contribution in [3.8, 4) is 0 Å². The zero-order valence-corrected chi connectivity index (χ0v) is 10.7. The van der Waals surface area contributed by atoms with Gasteiger partial charge in [-0.15, -0.1) is 0 Å². The van der Waals surface area contributed by atoms with Crippen molar-refractivity contribution in [1.29, 1.82) is 0 Å². The second-order valence-electron chi connectivity index (χ2n) is 4.94. The summed E-state index contributed by atoms with van der Waals surface area (Å²) in [5.41, 5.74) is 0. The monoisotopic (exact) mass is 233 g/mol. The number of nitrogens with one attached hydrogen (secondary N) is 1. The van der Waals surface area contributed by atoms with Gasteiger partial charge in [0.15, 0.2) is 0 Å². The second-order valence-corrected chi connectivity index (χ2v) is 4.94. The van der Waals surface area contributed by atoms with E-state index in [1.807, 2.05) is 18.5 Å². The summed E-state index contributed by atoms with van der Waals surface area (Å²) in [4.78, 5) is 8.87. The maximum Gasteiger partial charge on any atom is 0.145 e. The van der Waals surface area contributed by atoms with E-state index in [1.54, 1.807) is 0 Å². The third-order valence-electron chi connectivity index (χ3n) is 3.60. The van der Waals surface area contributed by atoms with Gasteiger partial charge in [0.2, 0.25) is 0 Å². The molecular formula is C14H23N3. The molecule has 3 heteroatoms. The summed E-state index contributed by atoms with van der Waals surface area (Å²) >= 11 is 0. The highest BCUT2D eigenvalue weighted by atomic mass is 15.0. The van der Waals surface area contributed by atoms with Crippen LogP contribution < -0.4 is 5.32 Å². The molecular weight excluding hydrogens is 210 g/mol. The molecule has 1 atom stereocenters. The molecule has 0 saturated heterocycles. The van der Waals surface area contributed by atoms with Crippen molar-refractivity contribution in [3.05, 3.63) is 24.3 Å². The minimum Gasteiger partial charge on any atom is -0.307 e. The van der Waals surface area contributed by atoms with Crippen molar-refractivity contribution < 1.29 is 0 Å². The lowest BCUT2D eigenvalue weighted by Gasteiger charge is -2.29. The Kier molecular flexibility index (Phi) is 4.92. The molecule has 0 amide bonds. The molecule has 94 valence electrons. The normalized spacial score (nSPS) is 19.1. The Morgan fingerprint density at radius 2 is 1.94 bits per heavy atom. The molecule has 0 aromatic carbocycles. The van der Waals surface area contributed by atoms with Gasteiger partial charge >= 0.3 is 0 Å². The smallest absolute Gasteiger partial charge is 0.145 e. The van der Waals surface area contributed by atoms with Crippen LogP contribution in [0, 0.1) is 5.92 Å². The Labute approximate surface area is 104 Å². The van der Waals surface area contributed by atoms with Crippen LogP contribution in [-0.4, -0.2) is 16.5 Å².